The zero-order valence-electron chi connectivity index (χ0n) is 8.55. The molecule has 0 spiro atoms. The Morgan fingerprint density at radius 1 is 1.42 bits per heavy atom. The molecular weight excluding hydrogens is 166 g/mol. The van der Waals surface area contributed by atoms with Gasteiger partial charge in [-0.3, -0.25) is 0 Å². The Morgan fingerprint density at radius 3 is 2.00 bits per heavy atom. The summed E-state index contributed by atoms with van der Waals surface area (Å²) in [5, 5.41) is 8.94. The molecular formula is C9H19NOSi. The molecule has 0 aliphatic carbocycles. The molecule has 0 aromatic heterocycles. The summed E-state index contributed by atoms with van der Waals surface area (Å²) in [6.07, 6.45) is 2.78. The molecule has 0 bridgehead atoms. The third-order valence-corrected chi connectivity index (χ3v) is 3.62. The van der Waals surface area contributed by atoms with Crippen molar-refractivity contribution >= 4 is 10.5 Å². The maximum Gasteiger partial charge on any atom is 0.146 e. The van der Waals surface area contributed by atoms with Crippen molar-refractivity contribution in [3.63, 3.8) is 0 Å². The monoisotopic (exact) mass is 185 g/mol. The molecule has 70 valence electrons. The number of hydrogen-bond acceptors (Lipinski definition) is 2. The summed E-state index contributed by atoms with van der Waals surface area (Å²) >= 11 is 0. The largest absolute Gasteiger partial charge is 0.421 e. The Morgan fingerprint density at radius 2 is 1.92 bits per heavy atom. The van der Waals surface area contributed by atoms with Crippen LogP contribution in [0.3, 0.4) is 0 Å². The smallest absolute Gasteiger partial charge is 0.146 e. The van der Waals surface area contributed by atoms with Crippen LogP contribution in [0, 0.1) is 17.2 Å². The normalized spacial score (nSPS) is 14.2. The first-order chi connectivity index (χ1) is 5.70. The fourth-order valence-electron chi connectivity index (χ4n) is 1.75. The van der Waals surface area contributed by atoms with Gasteiger partial charge in [-0.05, 0) is 19.3 Å². The van der Waals surface area contributed by atoms with E-state index >= 15 is 0 Å². The average molecular weight is 185 g/mol. The van der Waals surface area contributed by atoms with Crippen LogP contribution in [-0.4, -0.2) is 16.1 Å². The van der Waals surface area contributed by atoms with Crippen LogP contribution in [-0.2, 0) is 4.43 Å². The first kappa shape index (κ1) is 11.7. The van der Waals surface area contributed by atoms with Crippen LogP contribution in [0.2, 0.25) is 0 Å². The van der Waals surface area contributed by atoms with E-state index in [4.69, 9.17) is 9.69 Å². The maximum atomic E-state index is 8.94. The van der Waals surface area contributed by atoms with E-state index in [-0.39, 0.29) is 11.5 Å². The van der Waals surface area contributed by atoms with E-state index in [0.717, 1.165) is 29.7 Å². The molecule has 1 unspecified atom stereocenters. The highest BCUT2D eigenvalue weighted by atomic mass is 28.2. The van der Waals surface area contributed by atoms with E-state index in [0.29, 0.717) is 0 Å². The Hall–Kier alpha value is -0.333. The molecule has 0 rings (SSSR count). The van der Waals surface area contributed by atoms with Crippen LogP contribution in [0.1, 0.15) is 40.0 Å². The Labute approximate surface area is 78.5 Å². The van der Waals surface area contributed by atoms with Gasteiger partial charge in [-0.15, -0.1) is 0 Å². The maximum absolute atomic E-state index is 8.94. The molecule has 0 amide bonds. The van der Waals surface area contributed by atoms with E-state index in [1.54, 1.807) is 0 Å². The van der Waals surface area contributed by atoms with Crippen molar-refractivity contribution in [2.24, 2.45) is 5.92 Å². The van der Waals surface area contributed by atoms with Gasteiger partial charge in [-0.25, -0.2) is 0 Å². The van der Waals surface area contributed by atoms with E-state index in [1.807, 2.05) is 0 Å². The predicted molar refractivity (Wildman–Crippen MR) is 53.7 cm³/mol. The van der Waals surface area contributed by atoms with Gasteiger partial charge in [0.25, 0.3) is 0 Å². The van der Waals surface area contributed by atoms with Crippen LogP contribution in [0.25, 0.3) is 0 Å². The van der Waals surface area contributed by atoms with Crippen molar-refractivity contribution in [3.8, 4) is 6.07 Å². The lowest BCUT2D eigenvalue weighted by atomic mass is 9.82. The molecule has 0 saturated heterocycles. The zero-order valence-corrected chi connectivity index (χ0v) is 10.6. The number of nitriles is 1. The minimum absolute atomic E-state index is 0.0602. The molecule has 0 fully saturated rings. The number of rotatable bonds is 5. The SMILES string of the molecule is CCC(C#N)C(CC)(CC)O[SiH3]. The zero-order chi connectivity index (χ0) is 9.61. The van der Waals surface area contributed by atoms with Gasteiger partial charge in [0.2, 0.25) is 0 Å². The summed E-state index contributed by atoms with van der Waals surface area (Å²) in [5.41, 5.74) is -0.157. The van der Waals surface area contributed by atoms with E-state index in [2.05, 4.69) is 26.8 Å². The molecule has 0 aromatic rings. The van der Waals surface area contributed by atoms with Gasteiger partial charge in [-0.1, -0.05) is 20.8 Å². The van der Waals surface area contributed by atoms with Gasteiger partial charge in [0, 0.05) is 0 Å². The number of nitrogens with zero attached hydrogens (tertiary/aromatic N) is 1. The van der Waals surface area contributed by atoms with Gasteiger partial charge in [0.15, 0.2) is 0 Å². The van der Waals surface area contributed by atoms with Crippen LogP contribution in [0.15, 0.2) is 0 Å². The van der Waals surface area contributed by atoms with Gasteiger partial charge in [0.1, 0.15) is 10.5 Å². The third kappa shape index (κ3) is 2.08. The molecule has 3 heteroatoms. The van der Waals surface area contributed by atoms with Crippen molar-refractivity contribution in [2.45, 2.75) is 45.6 Å². The molecule has 12 heavy (non-hydrogen) atoms. The summed E-state index contributed by atoms with van der Waals surface area (Å²) < 4.78 is 5.60. The minimum Gasteiger partial charge on any atom is -0.421 e. The van der Waals surface area contributed by atoms with Crippen molar-refractivity contribution < 1.29 is 4.43 Å². The summed E-state index contributed by atoms with van der Waals surface area (Å²) in [7, 11) is 0.721. The molecule has 0 N–H and O–H groups in total. The Bertz CT molecular complexity index is 152. The van der Waals surface area contributed by atoms with Crippen molar-refractivity contribution in [2.75, 3.05) is 0 Å². The Kier molecular flexibility index (Phi) is 5.19. The van der Waals surface area contributed by atoms with Gasteiger partial charge in [0.05, 0.1) is 17.6 Å². The first-order valence-electron chi connectivity index (χ1n) is 4.65. The lowest BCUT2D eigenvalue weighted by Gasteiger charge is -2.34. The minimum atomic E-state index is -0.157. The van der Waals surface area contributed by atoms with Gasteiger partial charge >= 0.3 is 0 Å². The lowest BCUT2D eigenvalue weighted by Crippen LogP contribution is -2.38. The quantitative estimate of drug-likeness (QED) is 0.606. The second-order valence-corrected chi connectivity index (χ2v) is 3.47. The first-order valence-corrected chi connectivity index (χ1v) is 5.47. The highest BCUT2D eigenvalue weighted by Gasteiger charge is 2.33. The molecule has 0 heterocycles. The predicted octanol–water partition coefficient (Wildman–Crippen LogP) is 1.39. The molecule has 0 saturated carbocycles. The van der Waals surface area contributed by atoms with E-state index < -0.39 is 0 Å². The Balaban J connectivity index is 4.57. The van der Waals surface area contributed by atoms with Gasteiger partial charge in [-0.2, -0.15) is 5.26 Å². The van der Waals surface area contributed by atoms with Crippen molar-refractivity contribution in [1.29, 1.82) is 5.26 Å². The summed E-state index contributed by atoms with van der Waals surface area (Å²) in [6, 6.07) is 2.34. The average Bonchev–Trinajstić information content (AvgIpc) is 2.14. The molecule has 0 aliphatic rings. The van der Waals surface area contributed by atoms with Crippen LogP contribution >= 0.6 is 0 Å². The summed E-state index contributed by atoms with van der Waals surface area (Å²) in [6.45, 7) is 6.25. The molecule has 0 aliphatic heterocycles. The van der Waals surface area contributed by atoms with Crippen LogP contribution in [0.4, 0.5) is 0 Å². The van der Waals surface area contributed by atoms with Crippen LogP contribution in [0.5, 0.6) is 0 Å². The summed E-state index contributed by atoms with van der Waals surface area (Å²) in [5.74, 6) is 0.0602. The van der Waals surface area contributed by atoms with Crippen LogP contribution < -0.4 is 0 Å². The highest BCUT2D eigenvalue weighted by molar-refractivity contribution is 5.98. The second-order valence-electron chi connectivity index (χ2n) is 3.07. The molecule has 0 aromatic carbocycles. The highest BCUT2D eigenvalue weighted by Crippen LogP contribution is 2.30. The van der Waals surface area contributed by atoms with Crippen molar-refractivity contribution in [1.82, 2.24) is 0 Å². The second kappa shape index (κ2) is 5.34. The fourth-order valence-corrected chi connectivity index (χ4v) is 2.62. The van der Waals surface area contributed by atoms with E-state index in [1.165, 1.54) is 0 Å². The molecule has 2 nitrogen and oxygen atoms in total. The van der Waals surface area contributed by atoms with Gasteiger partial charge < -0.3 is 4.43 Å². The summed E-state index contributed by atoms with van der Waals surface area (Å²) in [4.78, 5) is 0. The van der Waals surface area contributed by atoms with E-state index in [9.17, 15) is 0 Å². The third-order valence-electron chi connectivity index (χ3n) is 2.80. The topological polar surface area (TPSA) is 33.0 Å². The number of hydrogen-bond donors (Lipinski definition) is 0. The van der Waals surface area contributed by atoms with Crippen molar-refractivity contribution in [3.05, 3.63) is 0 Å². The fraction of sp³-hybridized carbons (Fsp3) is 0.889. The molecule has 1 atom stereocenters. The standard InChI is InChI=1S/C9H19NOSi/c1-4-8(7-10)9(5-2,6-3)11-12/h8H,4-6H2,1-3,12H3. The molecule has 0 radical (unpaired) electrons. The lowest BCUT2D eigenvalue weighted by molar-refractivity contribution is 0.0285.